The van der Waals surface area contributed by atoms with Gasteiger partial charge in [0.2, 0.25) is 0 Å². The molecule has 28 heavy (non-hydrogen) atoms. The van der Waals surface area contributed by atoms with Gasteiger partial charge in [0.1, 0.15) is 23.0 Å². The fourth-order valence-corrected chi connectivity index (χ4v) is 3.30. The predicted octanol–water partition coefficient (Wildman–Crippen LogP) is 4.87. The SMILES string of the molecule is O=C(Nc1c(-c2ccc(F)cc2)nc2sccn12)c1ccc(C(F)(F)F)nc1. The number of nitrogens with one attached hydrogen (secondary N) is 1. The van der Waals surface area contributed by atoms with Crippen molar-refractivity contribution in [1.29, 1.82) is 0 Å². The summed E-state index contributed by atoms with van der Waals surface area (Å²) in [6.07, 6.45) is -2.03. The van der Waals surface area contributed by atoms with Crippen molar-refractivity contribution >= 4 is 28.0 Å². The summed E-state index contributed by atoms with van der Waals surface area (Å²) in [5, 5.41) is 4.43. The normalized spacial score (nSPS) is 11.7. The number of fused-ring (bicyclic) bond motifs is 1. The van der Waals surface area contributed by atoms with Crippen LogP contribution in [0.2, 0.25) is 0 Å². The first-order valence-electron chi connectivity index (χ1n) is 7.89. The second kappa shape index (κ2) is 6.71. The maximum atomic E-state index is 13.2. The van der Waals surface area contributed by atoms with Gasteiger partial charge in [0, 0.05) is 23.3 Å². The number of thiazole rings is 1. The molecule has 3 heterocycles. The molecule has 142 valence electrons. The Hall–Kier alpha value is -3.27. The zero-order valence-electron chi connectivity index (χ0n) is 13.9. The fraction of sp³-hybridized carbons (Fsp3) is 0.0556. The average molecular weight is 406 g/mol. The van der Waals surface area contributed by atoms with Gasteiger partial charge in [-0.2, -0.15) is 13.2 Å². The van der Waals surface area contributed by atoms with Crippen molar-refractivity contribution in [2.24, 2.45) is 0 Å². The van der Waals surface area contributed by atoms with Gasteiger partial charge in [0.25, 0.3) is 5.91 Å². The van der Waals surface area contributed by atoms with Crippen molar-refractivity contribution in [3.05, 3.63) is 71.2 Å². The second-order valence-corrected chi connectivity index (χ2v) is 6.63. The third-order valence-corrected chi connectivity index (χ3v) is 4.68. The van der Waals surface area contributed by atoms with E-state index < -0.39 is 23.6 Å². The van der Waals surface area contributed by atoms with E-state index in [4.69, 9.17) is 0 Å². The lowest BCUT2D eigenvalue weighted by Crippen LogP contribution is -2.15. The number of hydrogen-bond acceptors (Lipinski definition) is 4. The zero-order valence-corrected chi connectivity index (χ0v) is 14.7. The highest BCUT2D eigenvalue weighted by molar-refractivity contribution is 7.15. The van der Waals surface area contributed by atoms with Gasteiger partial charge in [0.05, 0.1) is 5.56 Å². The first-order valence-corrected chi connectivity index (χ1v) is 8.77. The van der Waals surface area contributed by atoms with E-state index >= 15 is 0 Å². The molecule has 1 N–H and O–H groups in total. The van der Waals surface area contributed by atoms with Gasteiger partial charge in [0.15, 0.2) is 4.96 Å². The molecule has 1 amide bonds. The molecular formula is C18H10F4N4OS. The van der Waals surface area contributed by atoms with Crippen LogP contribution >= 0.6 is 11.3 Å². The van der Waals surface area contributed by atoms with Crippen LogP contribution in [-0.4, -0.2) is 20.3 Å². The van der Waals surface area contributed by atoms with E-state index in [0.29, 0.717) is 22.0 Å². The molecule has 10 heteroatoms. The van der Waals surface area contributed by atoms with Crippen molar-refractivity contribution in [1.82, 2.24) is 14.4 Å². The molecule has 0 unspecified atom stereocenters. The Labute approximate surface area is 159 Å². The molecule has 3 aromatic heterocycles. The molecule has 0 saturated heterocycles. The number of aromatic nitrogens is 3. The molecule has 0 aliphatic heterocycles. The molecule has 5 nitrogen and oxygen atoms in total. The van der Waals surface area contributed by atoms with Gasteiger partial charge in [-0.25, -0.2) is 9.37 Å². The molecule has 4 rings (SSSR count). The van der Waals surface area contributed by atoms with Crippen LogP contribution in [0.3, 0.4) is 0 Å². The van der Waals surface area contributed by atoms with Gasteiger partial charge in [-0.05, 0) is 36.4 Å². The van der Waals surface area contributed by atoms with Crippen molar-refractivity contribution in [3.63, 3.8) is 0 Å². The van der Waals surface area contributed by atoms with Crippen molar-refractivity contribution in [3.8, 4) is 11.3 Å². The third-order valence-electron chi connectivity index (χ3n) is 3.93. The number of amides is 1. The molecule has 0 bridgehead atoms. The van der Waals surface area contributed by atoms with E-state index in [9.17, 15) is 22.4 Å². The predicted molar refractivity (Wildman–Crippen MR) is 95.7 cm³/mol. The van der Waals surface area contributed by atoms with E-state index in [1.807, 2.05) is 0 Å². The first kappa shape index (κ1) is 18.1. The number of alkyl halides is 3. The molecule has 0 spiro atoms. The lowest BCUT2D eigenvalue weighted by Gasteiger charge is -2.09. The summed E-state index contributed by atoms with van der Waals surface area (Å²) in [6.45, 7) is 0. The Balaban J connectivity index is 1.69. The second-order valence-electron chi connectivity index (χ2n) is 5.76. The maximum Gasteiger partial charge on any atom is 0.433 e. The zero-order chi connectivity index (χ0) is 19.9. The Morgan fingerprint density at radius 2 is 1.86 bits per heavy atom. The number of anilines is 1. The molecule has 0 fully saturated rings. The van der Waals surface area contributed by atoms with Crippen LogP contribution in [0.25, 0.3) is 16.2 Å². The molecule has 0 radical (unpaired) electrons. The highest BCUT2D eigenvalue weighted by Crippen LogP contribution is 2.31. The molecule has 0 atom stereocenters. The summed E-state index contributed by atoms with van der Waals surface area (Å²) >= 11 is 1.34. The topological polar surface area (TPSA) is 59.3 Å². The maximum absolute atomic E-state index is 13.2. The van der Waals surface area contributed by atoms with Gasteiger partial charge >= 0.3 is 6.18 Å². The van der Waals surface area contributed by atoms with E-state index in [2.05, 4.69) is 15.3 Å². The smallest absolute Gasteiger partial charge is 0.306 e. The monoisotopic (exact) mass is 406 g/mol. The van der Waals surface area contributed by atoms with Gasteiger partial charge in [-0.15, -0.1) is 11.3 Å². The number of benzene rings is 1. The number of halogens is 4. The first-order chi connectivity index (χ1) is 13.3. The van der Waals surface area contributed by atoms with E-state index in [-0.39, 0.29) is 5.56 Å². The number of carbonyl (C=O) groups excluding carboxylic acids is 1. The summed E-state index contributed by atoms with van der Waals surface area (Å²) in [7, 11) is 0. The molecular weight excluding hydrogens is 396 g/mol. The van der Waals surface area contributed by atoms with Crippen LogP contribution in [0.15, 0.2) is 54.2 Å². The molecule has 1 aromatic carbocycles. The van der Waals surface area contributed by atoms with Crippen molar-refractivity contribution < 1.29 is 22.4 Å². The highest BCUT2D eigenvalue weighted by Gasteiger charge is 2.32. The van der Waals surface area contributed by atoms with Crippen molar-refractivity contribution in [2.75, 3.05) is 5.32 Å². The van der Waals surface area contributed by atoms with Gasteiger partial charge in [-0.3, -0.25) is 14.2 Å². The van der Waals surface area contributed by atoms with E-state index in [0.717, 1.165) is 18.3 Å². The molecule has 0 saturated carbocycles. The molecule has 0 aliphatic rings. The highest BCUT2D eigenvalue weighted by atomic mass is 32.1. The fourth-order valence-electron chi connectivity index (χ4n) is 2.59. The van der Waals surface area contributed by atoms with E-state index in [1.165, 1.54) is 35.6 Å². The lowest BCUT2D eigenvalue weighted by atomic mass is 10.1. The summed E-state index contributed by atoms with van der Waals surface area (Å²) in [5.74, 6) is -0.725. The summed E-state index contributed by atoms with van der Waals surface area (Å²) in [6, 6.07) is 7.39. The van der Waals surface area contributed by atoms with Crippen LogP contribution in [0.1, 0.15) is 16.1 Å². The van der Waals surface area contributed by atoms with Crippen molar-refractivity contribution in [2.45, 2.75) is 6.18 Å². The van der Waals surface area contributed by atoms with Crippen LogP contribution in [-0.2, 0) is 6.18 Å². The molecule has 4 aromatic rings. The number of imidazole rings is 1. The minimum absolute atomic E-state index is 0.0387. The van der Waals surface area contributed by atoms with Crippen LogP contribution in [0.5, 0.6) is 0 Å². The average Bonchev–Trinajstić information content (AvgIpc) is 3.24. The Bertz CT molecular complexity index is 1150. The molecule has 0 aliphatic carbocycles. The van der Waals surface area contributed by atoms with Gasteiger partial charge in [-0.1, -0.05) is 0 Å². The standard InChI is InChI=1S/C18H10F4N4OS/c19-12-4-1-10(2-5-12)14-15(26-7-8-28-17(26)24-14)25-16(27)11-3-6-13(23-9-11)18(20,21)22/h1-9H,(H,25,27). The number of nitrogens with zero attached hydrogens (tertiary/aromatic N) is 3. The van der Waals surface area contributed by atoms with Crippen LogP contribution < -0.4 is 5.32 Å². The number of rotatable bonds is 3. The largest absolute Gasteiger partial charge is 0.433 e. The van der Waals surface area contributed by atoms with Crippen LogP contribution in [0.4, 0.5) is 23.4 Å². The number of carbonyl (C=O) groups is 1. The minimum Gasteiger partial charge on any atom is -0.306 e. The van der Waals surface area contributed by atoms with Crippen LogP contribution in [0, 0.1) is 5.82 Å². The number of hydrogen-bond donors (Lipinski definition) is 1. The summed E-state index contributed by atoms with van der Waals surface area (Å²) in [5.41, 5.74) is -0.123. The van der Waals surface area contributed by atoms with Gasteiger partial charge < -0.3 is 5.32 Å². The third kappa shape index (κ3) is 3.33. The Kier molecular flexibility index (Phi) is 4.34. The Morgan fingerprint density at radius 3 is 2.50 bits per heavy atom. The number of pyridine rings is 1. The Morgan fingerprint density at radius 1 is 1.11 bits per heavy atom. The minimum atomic E-state index is -4.58. The summed E-state index contributed by atoms with van der Waals surface area (Å²) in [4.78, 5) is 20.9. The quantitative estimate of drug-likeness (QED) is 0.494. The lowest BCUT2D eigenvalue weighted by molar-refractivity contribution is -0.141. The van der Waals surface area contributed by atoms with E-state index in [1.54, 1.807) is 16.0 Å². The summed E-state index contributed by atoms with van der Waals surface area (Å²) < 4.78 is 52.8.